The number of nitrogens with zero attached hydrogens (tertiary/aromatic N) is 1. The fourth-order valence-corrected chi connectivity index (χ4v) is 4.71. The number of amides is 3. The van der Waals surface area contributed by atoms with Crippen molar-refractivity contribution in [2.75, 3.05) is 25.9 Å². The monoisotopic (exact) mass is 499 g/mol. The maximum absolute atomic E-state index is 13.5. The van der Waals surface area contributed by atoms with Gasteiger partial charge in [-0.1, -0.05) is 74.1 Å². The van der Waals surface area contributed by atoms with Crippen molar-refractivity contribution in [2.45, 2.75) is 32.8 Å². The van der Waals surface area contributed by atoms with E-state index in [0.29, 0.717) is 23.2 Å². The Kier molecular flexibility index (Phi) is 9.47. The molecule has 1 fully saturated rings. The van der Waals surface area contributed by atoms with Gasteiger partial charge in [-0.25, -0.2) is 0 Å². The Labute approximate surface area is 209 Å². The Bertz CT molecular complexity index is 1060. The molecule has 0 atom stereocenters. The number of benzene rings is 2. The van der Waals surface area contributed by atoms with E-state index in [4.69, 9.17) is 17.0 Å². The van der Waals surface area contributed by atoms with Crippen LogP contribution in [-0.4, -0.2) is 52.8 Å². The van der Waals surface area contributed by atoms with Crippen molar-refractivity contribution in [1.82, 2.24) is 15.5 Å². The minimum atomic E-state index is -0.448. The molecule has 0 aromatic heterocycles. The second-order valence-corrected chi connectivity index (χ2v) is 9.52. The molecule has 2 aromatic rings. The number of carbonyl (C=O) groups excluding carboxylic acids is 3. The van der Waals surface area contributed by atoms with Gasteiger partial charge >= 0.3 is 0 Å². The first-order valence-corrected chi connectivity index (χ1v) is 12.7. The highest BCUT2D eigenvalue weighted by atomic mass is 32.2. The van der Waals surface area contributed by atoms with E-state index in [1.54, 1.807) is 0 Å². The average molecular weight is 500 g/mol. The Morgan fingerprint density at radius 3 is 2.47 bits per heavy atom. The van der Waals surface area contributed by atoms with E-state index in [1.807, 2.05) is 30.3 Å². The zero-order chi connectivity index (χ0) is 24.5. The van der Waals surface area contributed by atoms with Gasteiger partial charge in [-0.15, -0.1) is 0 Å². The van der Waals surface area contributed by atoms with Gasteiger partial charge in [0.2, 0.25) is 0 Å². The number of hydrogen-bond donors (Lipinski definition) is 2. The molecule has 9 heteroatoms. The molecule has 0 unspecified atom stereocenters. The predicted molar refractivity (Wildman–Crippen MR) is 139 cm³/mol. The molecule has 0 saturated carbocycles. The number of thioether (sulfide) groups is 1. The zero-order valence-corrected chi connectivity index (χ0v) is 21.0. The molecule has 7 nitrogen and oxygen atoms in total. The normalized spacial score (nSPS) is 13.0. The van der Waals surface area contributed by atoms with E-state index in [1.165, 1.54) is 35.8 Å². The molecule has 1 aliphatic rings. The summed E-state index contributed by atoms with van der Waals surface area (Å²) in [5.74, 6) is -0.344. The van der Waals surface area contributed by atoms with E-state index in [0.717, 1.165) is 24.8 Å². The highest BCUT2D eigenvalue weighted by Gasteiger charge is 2.31. The van der Waals surface area contributed by atoms with Crippen LogP contribution >= 0.6 is 24.0 Å². The van der Waals surface area contributed by atoms with Gasteiger partial charge in [-0.3, -0.25) is 19.3 Å². The van der Waals surface area contributed by atoms with Crippen LogP contribution in [0.2, 0.25) is 0 Å². The number of carbonyl (C=O) groups is 3. The smallest absolute Gasteiger partial charge is 0.263 e. The highest BCUT2D eigenvalue weighted by molar-refractivity contribution is 8.23. The standard InChI is InChI=1S/C25H29N3O4S2/c1-3-4-8-11-27-22(29)18-14-19(23(30)26-2)21(32-16-17-9-6-5-7-10-17)20(15-18)24(31)28-12-13-34-25(28)33/h5-7,9-10,14-15H,3-4,8,11-13,16H2,1-2H3,(H,26,30)(H,27,29). The second-order valence-electron chi connectivity index (χ2n) is 7.79. The number of thiocarbonyl (C=S) groups is 1. The summed E-state index contributed by atoms with van der Waals surface area (Å²) in [6.45, 7) is 3.23. The van der Waals surface area contributed by atoms with E-state index < -0.39 is 5.91 Å². The van der Waals surface area contributed by atoms with Gasteiger partial charge in [0.05, 0.1) is 11.1 Å². The fraction of sp³-hybridized carbons (Fsp3) is 0.360. The van der Waals surface area contributed by atoms with Crippen LogP contribution in [0.5, 0.6) is 5.75 Å². The molecule has 0 radical (unpaired) electrons. The summed E-state index contributed by atoms with van der Waals surface area (Å²) in [7, 11) is 1.49. The van der Waals surface area contributed by atoms with E-state index in [2.05, 4.69) is 17.6 Å². The molecule has 2 aromatic carbocycles. The van der Waals surface area contributed by atoms with Crippen LogP contribution in [0, 0.1) is 0 Å². The van der Waals surface area contributed by atoms with Crippen molar-refractivity contribution in [2.24, 2.45) is 0 Å². The van der Waals surface area contributed by atoms with Crippen LogP contribution in [-0.2, 0) is 6.61 Å². The van der Waals surface area contributed by atoms with Crippen LogP contribution in [0.25, 0.3) is 0 Å². The fourth-order valence-electron chi connectivity index (χ4n) is 3.51. The lowest BCUT2D eigenvalue weighted by molar-refractivity contribution is 0.0856. The molecular weight excluding hydrogens is 470 g/mol. The summed E-state index contributed by atoms with van der Waals surface area (Å²) in [5.41, 5.74) is 1.37. The van der Waals surface area contributed by atoms with Crippen LogP contribution in [0.1, 0.15) is 62.8 Å². The zero-order valence-electron chi connectivity index (χ0n) is 19.4. The second kappa shape index (κ2) is 12.5. The minimum absolute atomic E-state index is 0.126. The lowest BCUT2D eigenvalue weighted by Gasteiger charge is -2.20. The summed E-state index contributed by atoms with van der Waals surface area (Å²) < 4.78 is 6.52. The van der Waals surface area contributed by atoms with E-state index >= 15 is 0 Å². The molecule has 2 N–H and O–H groups in total. The van der Waals surface area contributed by atoms with Gasteiger partial charge in [0.25, 0.3) is 17.7 Å². The molecule has 0 spiro atoms. The quantitative estimate of drug-likeness (QED) is 0.379. The molecule has 3 amide bonds. The molecule has 1 heterocycles. The molecular formula is C25H29N3O4S2. The first-order valence-electron chi connectivity index (χ1n) is 11.3. The minimum Gasteiger partial charge on any atom is -0.487 e. The molecule has 3 rings (SSSR count). The van der Waals surface area contributed by atoms with Crippen molar-refractivity contribution in [3.63, 3.8) is 0 Å². The van der Waals surface area contributed by atoms with Crippen LogP contribution in [0.4, 0.5) is 0 Å². The summed E-state index contributed by atoms with van der Waals surface area (Å²) in [4.78, 5) is 40.7. The van der Waals surface area contributed by atoms with Gasteiger partial charge in [0, 0.05) is 31.5 Å². The summed E-state index contributed by atoms with van der Waals surface area (Å²) in [6, 6.07) is 12.4. The van der Waals surface area contributed by atoms with Gasteiger partial charge in [0.15, 0.2) is 0 Å². The van der Waals surface area contributed by atoms with Gasteiger partial charge in [-0.2, -0.15) is 0 Å². The molecule has 34 heavy (non-hydrogen) atoms. The largest absolute Gasteiger partial charge is 0.487 e. The predicted octanol–water partition coefficient (Wildman–Crippen LogP) is 4.02. The Hall–Kier alpha value is -2.91. The summed E-state index contributed by atoms with van der Waals surface area (Å²) in [6.07, 6.45) is 2.90. The Morgan fingerprint density at radius 2 is 1.82 bits per heavy atom. The van der Waals surface area contributed by atoms with Crippen molar-refractivity contribution >= 4 is 46.0 Å². The van der Waals surface area contributed by atoms with Crippen molar-refractivity contribution in [3.05, 3.63) is 64.7 Å². The number of ether oxygens (including phenoxy) is 1. The Balaban J connectivity index is 2.02. The Morgan fingerprint density at radius 1 is 1.09 bits per heavy atom. The first-order chi connectivity index (χ1) is 16.5. The van der Waals surface area contributed by atoms with Gasteiger partial charge in [0.1, 0.15) is 16.7 Å². The van der Waals surface area contributed by atoms with Gasteiger partial charge in [-0.05, 0) is 24.1 Å². The lowest BCUT2D eigenvalue weighted by atomic mass is 10.0. The molecule has 1 aliphatic heterocycles. The maximum Gasteiger partial charge on any atom is 0.263 e. The van der Waals surface area contributed by atoms with Crippen LogP contribution in [0.15, 0.2) is 42.5 Å². The number of hydrogen-bond acceptors (Lipinski definition) is 6. The third-order valence-electron chi connectivity index (χ3n) is 5.35. The van der Waals surface area contributed by atoms with Crippen molar-refractivity contribution in [1.29, 1.82) is 0 Å². The molecule has 0 bridgehead atoms. The van der Waals surface area contributed by atoms with Crippen molar-refractivity contribution < 1.29 is 19.1 Å². The van der Waals surface area contributed by atoms with E-state index in [9.17, 15) is 14.4 Å². The molecule has 0 aliphatic carbocycles. The number of unbranched alkanes of at least 4 members (excludes halogenated alkanes) is 2. The third kappa shape index (κ3) is 6.36. The highest BCUT2D eigenvalue weighted by Crippen LogP contribution is 2.31. The molecule has 1 saturated heterocycles. The number of nitrogens with one attached hydrogen (secondary N) is 2. The van der Waals surface area contributed by atoms with Crippen LogP contribution in [0.3, 0.4) is 0 Å². The first kappa shape index (κ1) is 25.7. The number of rotatable bonds is 10. The third-order valence-corrected chi connectivity index (χ3v) is 6.78. The van der Waals surface area contributed by atoms with E-state index in [-0.39, 0.29) is 40.9 Å². The summed E-state index contributed by atoms with van der Waals surface area (Å²) >= 11 is 6.77. The summed E-state index contributed by atoms with van der Waals surface area (Å²) in [5, 5.41) is 5.46. The SMILES string of the molecule is CCCCCNC(=O)c1cc(C(=O)NC)c(OCc2ccccc2)c(C(=O)N2CCSC2=S)c1. The lowest BCUT2D eigenvalue weighted by Crippen LogP contribution is -2.32. The van der Waals surface area contributed by atoms with Crippen molar-refractivity contribution in [3.8, 4) is 5.75 Å². The average Bonchev–Trinajstić information content (AvgIpc) is 3.30. The maximum atomic E-state index is 13.5. The molecule has 180 valence electrons. The van der Waals surface area contributed by atoms with Gasteiger partial charge < -0.3 is 15.4 Å². The topological polar surface area (TPSA) is 87.7 Å². The van der Waals surface area contributed by atoms with Crippen LogP contribution < -0.4 is 15.4 Å².